The van der Waals surface area contributed by atoms with Crippen LogP contribution in [0.5, 0.6) is 5.75 Å². The van der Waals surface area contributed by atoms with Gasteiger partial charge in [-0.1, -0.05) is 18.2 Å². The maximum Gasteiger partial charge on any atom is 0.297 e. The van der Waals surface area contributed by atoms with E-state index in [1.807, 2.05) is 29.2 Å². The number of hydrogen-bond donors (Lipinski definition) is 0. The lowest BCUT2D eigenvalue weighted by atomic mass is 9.96. The number of fused-ring (bicyclic) bond motifs is 3. The summed E-state index contributed by atoms with van der Waals surface area (Å²) in [4.78, 5) is 10.2. The molecular formula is C15H15F2N3O. The third kappa shape index (κ3) is 2.01. The van der Waals surface area contributed by atoms with Crippen LogP contribution in [0.4, 0.5) is 14.6 Å². The lowest BCUT2D eigenvalue weighted by Gasteiger charge is -2.19. The number of rotatable bonds is 2. The van der Waals surface area contributed by atoms with Gasteiger partial charge in [0.25, 0.3) is 6.43 Å². The van der Waals surface area contributed by atoms with Gasteiger partial charge in [-0.3, -0.25) is 0 Å². The number of anilines is 1. The predicted octanol–water partition coefficient (Wildman–Crippen LogP) is 2.99. The van der Waals surface area contributed by atoms with Crippen molar-refractivity contribution in [1.29, 1.82) is 0 Å². The second-order valence-electron chi connectivity index (χ2n) is 5.49. The van der Waals surface area contributed by atoms with Crippen LogP contribution < -0.4 is 9.64 Å². The highest BCUT2D eigenvalue weighted by molar-refractivity contribution is 5.60. The Morgan fingerprint density at radius 1 is 1.14 bits per heavy atom. The lowest BCUT2D eigenvalue weighted by Crippen LogP contribution is -2.21. The van der Waals surface area contributed by atoms with Gasteiger partial charge in [-0.15, -0.1) is 0 Å². The van der Waals surface area contributed by atoms with Crippen LogP contribution in [-0.4, -0.2) is 29.2 Å². The molecule has 2 atom stereocenters. The van der Waals surface area contributed by atoms with E-state index in [9.17, 15) is 8.78 Å². The minimum Gasteiger partial charge on any atom is -0.479 e. The first-order chi connectivity index (χ1) is 10.2. The monoisotopic (exact) mass is 291 g/mol. The molecule has 4 rings (SSSR count). The summed E-state index contributed by atoms with van der Waals surface area (Å²) in [7, 11) is 0. The third-order valence-corrected chi connectivity index (χ3v) is 4.15. The summed E-state index contributed by atoms with van der Waals surface area (Å²) in [6, 6.07) is 0. The highest BCUT2D eigenvalue weighted by Crippen LogP contribution is 2.45. The van der Waals surface area contributed by atoms with E-state index in [1.54, 1.807) is 0 Å². The van der Waals surface area contributed by atoms with Crippen molar-refractivity contribution in [3.63, 3.8) is 0 Å². The van der Waals surface area contributed by atoms with Gasteiger partial charge in [0.2, 0.25) is 0 Å². The largest absolute Gasteiger partial charge is 0.479 e. The minimum atomic E-state index is -2.67. The first-order valence-electron chi connectivity index (χ1n) is 7.20. The molecule has 0 N–H and O–H groups in total. The van der Waals surface area contributed by atoms with E-state index in [4.69, 9.17) is 4.74 Å². The average molecular weight is 291 g/mol. The molecule has 0 radical (unpaired) electrons. The number of halogens is 2. The molecule has 1 aliphatic carbocycles. The smallest absolute Gasteiger partial charge is 0.297 e. The Morgan fingerprint density at radius 3 is 2.67 bits per heavy atom. The Kier molecular flexibility index (Phi) is 2.90. The zero-order valence-corrected chi connectivity index (χ0v) is 11.4. The summed E-state index contributed by atoms with van der Waals surface area (Å²) in [5.74, 6) is 0.617. The molecule has 110 valence electrons. The van der Waals surface area contributed by atoms with E-state index >= 15 is 0 Å². The molecule has 0 spiro atoms. The van der Waals surface area contributed by atoms with Crippen LogP contribution in [0.3, 0.4) is 0 Å². The van der Waals surface area contributed by atoms with Crippen molar-refractivity contribution in [3.05, 3.63) is 35.8 Å². The van der Waals surface area contributed by atoms with Gasteiger partial charge < -0.3 is 9.64 Å². The van der Waals surface area contributed by atoms with Gasteiger partial charge in [0.1, 0.15) is 6.10 Å². The molecule has 4 nitrogen and oxygen atoms in total. The number of hydrogen-bond acceptors (Lipinski definition) is 4. The number of nitrogens with zero attached hydrogens (tertiary/aromatic N) is 3. The molecule has 3 heterocycles. The Bertz CT molecular complexity index is 624. The minimum absolute atomic E-state index is 0.0909. The van der Waals surface area contributed by atoms with E-state index in [-0.39, 0.29) is 12.0 Å². The predicted molar refractivity (Wildman–Crippen MR) is 73.9 cm³/mol. The number of alkyl halides is 2. The van der Waals surface area contributed by atoms with Crippen molar-refractivity contribution < 1.29 is 13.5 Å². The van der Waals surface area contributed by atoms with Crippen LogP contribution in [0.1, 0.15) is 36.7 Å². The number of aromatic nitrogens is 2. The highest BCUT2D eigenvalue weighted by Gasteiger charge is 2.38. The van der Waals surface area contributed by atoms with Crippen LogP contribution in [0, 0.1) is 0 Å². The fraction of sp³-hybridized carbons (Fsp3) is 0.467. The molecule has 0 amide bonds. The van der Waals surface area contributed by atoms with Gasteiger partial charge in [-0.05, 0) is 18.9 Å². The lowest BCUT2D eigenvalue weighted by molar-refractivity contribution is 0.140. The molecule has 1 aromatic heterocycles. The zero-order valence-electron chi connectivity index (χ0n) is 11.4. The molecule has 0 saturated carbocycles. The normalized spacial score (nSPS) is 26.1. The second kappa shape index (κ2) is 4.79. The van der Waals surface area contributed by atoms with Gasteiger partial charge in [0.05, 0.1) is 11.6 Å². The molecule has 0 aromatic carbocycles. The Labute approximate surface area is 121 Å². The van der Waals surface area contributed by atoms with Gasteiger partial charge >= 0.3 is 0 Å². The first kappa shape index (κ1) is 12.7. The molecule has 3 aliphatic rings. The molecule has 0 bridgehead atoms. The summed E-state index contributed by atoms with van der Waals surface area (Å²) >= 11 is 0. The molecule has 2 aliphatic heterocycles. The quantitative estimate of drug-likeness (QED) is 0.839. The third-order valence-electron chi connectivity index (χ3n) is 4.15. The Balaban J connectivity index is 1.84. The van der Waals surface area contributed by atoms with Crippen molar-refractivity contribution in [2.45, 2.75) is 31.3 Å². The van der Waals surface area contributed by atoms with Gasteiger partial charge in [0, 0.05) is 13.1 Å². The Hall–Kier alpha value is -1.98. The standard InChI is InChI=1S/C15H15F2N3O/c16-13(17)14-18-11-9-5-1-2-6-10(9)21-12(11)15(19-14)20-7-3-4-8-20/h1-2,5-6,9-10,13H,3-4,7-8H2. The van der Waals surface area contributed by atoms with E-state index in [1.165, 1.54) is 0 Å². The van der Waals surface area contributed by atoms with E-state index in [0.717, 1.165) is 25.9 Å². The fourth-order valence-electron chi connectivity index (χ4n) is 3.13. The molecule has 1 fully saturated rings. The highest BCUT2D eigenvalue weighted by atomic mass is 19.3. The van der Waals surface area contributed by atoms with Gasteiger partial charge in [-0.25, -0.2) is 18.7 Å². The van der Waals surface area contributed by atoms with E-state index in [0.29, 0.717) is 17.3 Å². The second-order valence-corrected chi connectivity index (χ2v) is 5.49. The number of ether oxygens (including phenoxy) is 1. The van der Waals surface area contributed by atoms with Crippen molar-refractivity contribution in [3.8, 4) is 5.75 Å². The van der Waals surface area contributed by atoms with Crippen molar-refractivity contribution >= 4 is 5.82 Å². The SMILES string of the molecule is FC(F)c1nc2c(c(N3CCCC3)n1)OC1C=CC=CC21. The first-order valence-corrected chi connectivity index (χ1v) is 7.20. The van der Waals surface area contributed by atoms with Crippen molar-refractivity contribution in [1.82, 2.24) is 9.97 Å². The summed E-state index contributed by atoms with van der Waals surface area (Å²) in [6.07, 6.45) is 6.97. The molecule has 6 heteroatoms. The van der Waals surface area contributed by atoms with E-state index < -0.39 is 12.2 Å². The number of allylic oxidation sites excluding steroid dienone is 2. The van der Waals surface area contributed by atoms with Crippen LogP contribution in [0.25, 0.3) is 0 Å². The summed E-state index contributed by atoms with van der Waals surface area (Å²) in [6.45, 7) is 1.66. The topological polar surface area (TPSA) is 38.2 Å². The molecule has 1 saturated heterocycles. The van der Waals surface area contributed by atoms with Crippen molar-refractivity contribution in [2.75, 3.05) is 18.0 Å². The maximum atomic E-state index is 13.1. The molecule has 21 heavy (non-hydrogen) atoms. The van der Waals surface area contributed by atoms with Crippen molar-refractivity contribution in [2.24, 2.45) is 0 Å². The maximum absolute atomic E-state index is 13.1. The van der Waals surface area contributed by atoms with Crippen LogP contribution in [-0.2, 0) is 0 Å². The molecule has 2 unspecified atom stereocenters. The molecular weight excluding hydrogens is 276 g/mol. The van der Waals surface area contributed by atoms with Gasteiger partial charge in [0.15, 0.2) is 17.4 Å². The molecule has 1 aromatic rings. The summed E-state index contributed by atoms with van der Waals surface area (Å²) < 4.78 is 32.2. The van der Waals surface area contributed by atoms with Crippen LogP contribution in [0.2, 0.25) is 0 Å². The summed E-state index contributed by atoms with van der Waals surface area (Å²) in [5, 5.41) is 0. The van der Waals surface area contributed by atoms with Gasteiger partial charge in [-0.2, -0.15) is 0 Å². The van der Waals surface area contributed by atoms with Crippen LogP contribution in [0.15, 0.2) is 24.3 Å². The zero-order chi connectivity index (χ0) is 14.4. The Morgan fingerprint density at radius 2 is 1.90 bits per heavy atom. The van der Waals surface area contributed by atoms with Crippen LogP contribution >= 0.6 is 0 Å². The summed E-state index contributed by atoms with van der Waals surface area (Å²) in [5.41, 5.74) is 0.591. The van der Waals surface area contributed by atoms with E-state index in [2.05, 4.69) is 9.97 Å². The fourth-order valence-corrected chi connectivity index (χ4v) is 3.13. The average Bonchev–Trinajstić information content (AvgIpc) is 3.13.